The molecule has 0 spiro atoms. The maximum atomic E-state index is 8.77. The highest BCUT2D eigenvalue weighted by Crippen LogP contribution is 2.17. The fraction of sp³-hybridized carbons (Fsp3) is 0.576. The first-order valence-electron chi connectivity index (χ1n) is 15.5. The summed E-state index contributed by atoms with van der Waals surface area (Å²) >= 11 is 0. The molecule has 234 valence electrons. The molecular formula is C33H52N4O5. The summed E-state index contributed by atoms with van der Waals surface area (Å²) < 4.78 is 18.2. The third kappa shape index (κ3) is 16.1. The number of oxime groups is 2. The van der Waals surface area contributed by atoms with Crippen molar-refractivity contribution in [3.8, 4) is 11.5 Å². The van der Waals surface area contributed by atoms with Gasteiger partial charge in [0, 0.05) is 19.4 Å². The molecule has 9 heteroatoms. The second-order valence-corrected chi connectivity index (χ2v) is 10.8. The van der Waals surface area contributed by atoms with E-state index in [0.717, 1.165) is 24.0 Å². The number of benzene rings is 2. The monoisotopic (exact) mass is 584 g/mol. The standard InChI is InChI=1S/C33H52N4O5/c1-2-3-4-5-6-7-8-9-10-11-12-13-22-40-31(25-41-29-18-14-27(15-19-29)23-32(34)36-38)26-42-30-20-16-28(17-21-30)24-33(35)37-39/h14-21,31,38-39H,2-13,22-26H2,1H3,(H2,34,36)(H2,35,37). The Balaban J connectivity index is 1.76. The molecule has 2 rings (SSSR count). The highest BCUT2D eigenvalue weighted by Gasteiger charge is 2.13. The van der Waals surface area contributed by atoms with Crippen molar-refractivity contribution in [1.82, 2.24) is 0 Å². The van der Waals surface area contributed by atoms with Gasteiger partial charge in [-0.1, -0.05) is 112 Å². The Morgan fingerprint density at radius 1 is 0.619 bits per heavy atom. The summed E-state index contributed by atoms with van der Waals surface area (Å²) in [5.74, 6) is 1.74. The number of nitrogens with zero attached hydrogens (tertiary/aromatic N) is 2. The Morgan fingerprint density at radius 2 is 1.00 bits per heavy atom. The molecule has 9 nitrogen and oxygen atoms in total. The molecule has 0 aliphatic carbocycles. The van der Waals surface area contributed by atoms with Gasteiger partial charge in [0.25, 0.3) is 0 Å². The molecule has 0 aliphatic rings. The lowest BCUT2D eigenvalue weighted by atomic mass is 10.1. The normalized spacial score (nSPS) is 12.1. The van der Waals surface area contributed by atoms with Crippen molar-refractivity contribution < 1.29 is 24.6 Å². The van der Waals surface area contributed by atoms with Gasteiger partial charge in [0.15, 0.2) is 0 Å². The van der Waals surface area contributed by atoms with E-state index in [1.54, 1.807) is 0 Å². The van der Waals surface area contributed by atoms with Gasteiger partial charge >= 0.3 is 0 Å². The molecule has 0 aliphatic heterocycles. The minimum atomic E-state index is -0.244. The number of hydrogen-bond acceptors (Lipinski definition) is 7. The van der Waals surface area contributed by atoms with Crippen molar-refractivity contribution in [3.63, 3.8) is 0 Å². The van der Waals surface area contributed by atoms with E-state index in [0.29, 0.717) is 44.2 Å². The van der Waals surface area contributed by atoms with E-state index in [4.69, 9.17) is 36.1 Å². The summed E-state index contributed by atoms with van der Waals surface area (Å²) in [6.45, 7) is 3.62. The Kier molecular flexibility index (Phi) is 18.3. The number of amidine groups is 2. The van der Waals surface area contributed by atoms with Crippen molar-refractivity contribution in [2.45, 2.75) is 103 Å². The molecule has 0 radical (unpaired) electrons. The average molecular weight is 585 g/mol. The van der Waals surface area contributed by atoms with E-state index in [-0.39, 0.29) is 17.8 Å². The number of ether oxygens (including phenoxy) is 3. The third-order valence-corrected chi connectivity index (χ3v) is 7.10. The summed E-state index contributed by atoms with van der Waals surface area (Å²) in [4.78, 5) is 0. The Hall–Kier alpha value is -3.46. The van der Waals surface area contributed by atoms with Crippen LogP contribution in [0.1, 0.15) is 95.1 Å². The first kappa shape index (κ1) is 34.7. The Morgan fingerprint density at radius 3 is 1.38 bits per heavy atom. The molecule has 0 bridgehead atoms. The van der Waals surface area contributed by atoms with Crippen LogP contribution in [0, 0.1) is 0 Å². The molecule has 0 aromatic heterocycles. The van der Waals surface area contributed by atoms with Crippen LogP contribution in [0.25, 0.3) is 0 Å². The zero-order chi connectivity index (χ0) is 30.3. The topological polar surface area (TPSA) is 145 Å². The second-order valence-electron chi connectivity index (χ2n) is 10.8. The smallest absolute Gasteiger partial charge is 0.143 e. The maximum Gasteiger partial charge on any atom is 0.143 e. The minimum Gasteiger partial charge on any atom is -0.491 e. The van der Waals surface area contributed by atoms with Crippen molar-refractivity contribution in [1.29, 1.82) is 0 Å². The lowest BCUT2D eigenvalue weighted by molar-refractivity contribution is -0.00880. The van der Waals surface area contributed by atoms with E-state index < -0.39 is 0 Å². The zero-order valence-electron chi connectivity index (χ0n) is 25.4. The lowest BCUT2D eigenvalue weighted by Crippen LogP contribution is -2.29. The van der Waals surface area contributed by atoms with E-state index >= 15 is 0 Å². The van der Waals surface area contributed by atoms with Crippen LogP contribution in [0.2, 0.25) is 0 Å². The number of hydrogen-bond donors (Lipinski definition) is 4. The summed E-state index contributed by atoms with van der Waals surface area (Å²) in [6, 6.07) is 15.0. The van der Waals surface area contributed by atoms with Gasteiger partial charge in [0.05, 0.1) is 0 Å². The summed E-state index contributed by atoms with van der Waals surface area (Å²) in [5.41, 5.74) is 13.1. The first-order valence-corrected chi connectivity index (χ1v) is 15.5. The summed E-state index contributed by atoms with van der Waals surface area (Å²) in [7, 11) is 0. The Labute approximate surface area is 251 Å². The van der Waals surface area contributed by atoms with Crippen LogP contribution in [0.15, 0.2) is 58.8 Å². The molecule has 2 aromatic carbocycles. The molecule has 0 unspecified atom stereocenters. The lowest BCUT2D eigenvalue weighted by Gasteiger charge is -2.19. The van der Waals surface area contributed by atoms with Gasteiger partial charge in [-0.3, -0.25) is 0 Å². The fourth-order valence-corrected chi connectivity index (χ4v) is 4.61. The molecule has 0 saturated heterocycles. The second kappa shape index (κ2) is 22.2. The Bertz CT molecular complexity index is 945. The number of unbranched alkanes of at least 4 members (excludes halogenated alkanes) is 11. The minimum absolute atomic E-state index is 0.158. The first-order chi connectivity index (χ1) is 20.5. The molecule has 0 saturated carbocycles. The largest absolute Gasteiger partial charge is 0.491 e. The van der Waals surface area contributed by atoms with Crippen LogP contribution in [0.3, 0.4) is 0 Å². The van der Waals surface area contributed by atoms with Crippen LogP contribution in [-0.2, 0) is 17.6 Å². The van der Waals surface area contributed by atoms with Gasteiger partial charge in [-0.15, -0.1) is 0 Å². The van der Waals surface area contributed by atoms with Gasteiger partial charge < -0.3 is 36.1 Å². The molecule has 0 atom stereocenters. The average Bonchev–Trinajstić information content (AvgIpc) is 3.01. The van der Waals surface area contributed by atoms with Crippen LogP contribution in [-0.4, -0.2) is 48.0 Å². The van der Waals surface area contributed by atoms with E-state index in [1.807, 2.05) is 48.5 Å². The van der Waals surface area contributed by atoms with Crippen molar-refractivity contribution in [3.05, 3.63) is 59.7 Å². The van der Waals surface area contributed by atoms with Gasteiger partial charge in [-0.25, -0.2) is 0 Å². The van der Waals surface area contributed by atoms with E-state index in [2.05, 4.69) is 17.2 Å². The molecule has 2 aromatic rings. The zero-order valence-corrected chi connectivity index (χ0v) is 25.4. The molecule has 6 N–H and O–H groups in total. The van der Waals surface area contributed by atoms with Crippen molar-refractivity contribution >= 4 is 11.7 Å². The predicted octanol–water partition coefficient (Wildman–Crippen LogP) is 6.81. The van der Waals surface area contributed by atoms with Gasteiger partial charge in [0.2, 0.25) is 0 Å². The SMILES string of the molecule is CCCCCCCCCCCCCCOC(COc1ccc(C/C(N)=N/O)cc1)COc1ccc(C/C(N)=N/O)cc1. The van der Waals surface area contributed by atoms with Gasteiger partial charge in [-0.05, 0) is 41.8 Å². The predicted molar refractivity (Wildman–Crippen MR) is 169 cm³/mol. The maximum absolute atomic E-state index is 8.77. The fourth-order valence-electron chi connectivity index (χ4n) is 4.61. The van der Waals surface area contributed by atoms with E-state index in [9.17, 15) is 0 Å². The molecule has 0 amide bonds. The highest BCUT2D eigenvalue weighted by molar-refractivity contribution is 5.82. The third-order valence-electron chi connectivity index (χ3n) is 7.10. The van der Waals surface area contributed by atoms with Gasteiger partial charge in [-0.2, -0.15) is 0 Å². The summed E-state index contributed by atoms with van der Waals surface area (Å²) in [6.07, 6.45) is 16.1. The molecule has 0 fully saturated rings. The molecule has 0 heterocycles. The van der Waals surface area contributed by atoms with Crippen LogP contribution >= 0.6 is 0 Å². The molecular weight excluding hydrogens is 532 g/mol. The van der Waals surface area contributed by atoms with E-state index in [1.165, 1.54) is 64.2 Å². The highest BCUT2D eigenvalue weighted by atomic mass is 16.6. The van der Waals surface area contributed by atoms with Crippen LogP contribution in [0.4, 0.5) is 0 Å². The van der Waals surface area contributed by atoms with Crippen molar-refractivity contribution in [2.24, 2.45) is 21.8 Å². The number of nitrogens with two attached hydrogens (primary N) is 2. The summed E-state index contributed by atoms with van der Waals surface area (Å²) in [5, 5.41) is 23.6. The van der Waals surface area contributed by atoms with Crippen LogP contribution < -0.4 is 20.9 Å². The number of rotatable bonds is 24. The quantitative estimate of drug-likeness (QED) is 0.0349. The van der Waals surface area contributed by atoms with Crippen molar-refractivity contribution in [2.75, 3.05) is 19.8 Å². The molecule has 42 heavy (non-hydrogen) atoms. The van der Waals surface area contributed by atoms with Gasteiger partial charge in [0.1, 0.15) is 42.5 Å². The van der Waals surface area contributed by atoms with Crippen LogP contribution in [0.5, 0.6) is 11.5 Å².